The second-order valence-corrected chi connectivity index (χ2v) is 14.4. The molecule has 4 aromatic rings. The number of halogens is 1. The Morgan fingerprint density at radius 3 is 1.47 bits per heavy atom. The highest BCUT2D eigenvalue weighted by atomic mass is 19.1. The Labute approximate surface area is 319 Å². The van der Waals surface area contributed by atoms with Crippen LogP contribution in [0.5, 0.6) is 5.75 Å². The molecule has 0 aromatic heterocycles. The van der Waals surface area contributed by atoms with E-state index in [1.165, 1.54) is 102 Å². The number of rotatable bonds is 28. The Balaban J connectivity index is 1.29. The number of hydrogen-bond donors (Lipinski definition) is 0. The second kappa shape index (κ2) is 25.1. The molecule has 1 unspecified atom stereocenters. The number of nitrogens with zero attached hydrogens (tertiary/aromatic N) is 1. The van der Waals surface area contributed by atoms with E-state index in [9.17, 15) is 9.65 Å². The summed E-state index contributed by atoms with van der Waals surface area (Å²) in [4.78, 5) is 0. The van der Waals surface area contributed by atoms with Crippen molar-refractivity contribution in [2.24, 2.45) is 5.92 Å². The summed E-state index contributed by atoms with van der Waals surface area (Å²) in [5.74, 6) is -0.326. The third kappa shape index (κ3) is 14.8. The molecule has 1 atom stereocenters. The highest BCUT2D eigenvalue weighted by Crippen LogP contribution is 2.41. The van der Waals surface area contributed by atoms with E-state index < -0.39 is 11.4 Å². The van der Waals surface area contributed by atoms with Crippen molar-refractivity contribution < 1.29 is 18.6 Å². The lowest BCUT2D eigenvalue weighted by molar-refractivity contribution is -0.0383. The largest absolute Gasteiger partial charge is 0.493 e. The van der Waals surface area contributed by atoms with Gasteiger partial charge in [-0.05, 0) is 35.2 Å². The molecule has 4 rings (SSSR count). The molecule has 0 spiro atoms. The maximum atomic E-state index is 14.3. The average Bonchev–Trinajstić information content (AvgIpc) is 3.20. The van der Waals surface area contributed by atoms with Crippen molar-refractivity contribution in [2.45, 2.75) is 115 Å². The molecule has 0 saturated carbocycles. The molecule has 0 aliphatic carbocycles. The molecule has 0 saturated heterocycles. The summed E-state index contributed by atoms with van der Waals surface area (Å²) >= 11 is 0. The van der Waals surface area contributed by atoms with Crippen LogP contribution in [0.3, 0.4) is 0 Å². The Bertz CT molecular complexity index is 1460. The summed E-state index contributed by atoms with van der Waals surface area (Å²) in [5.41, 5.74) is 2.42. The summed E-state index contributed by atoms with van der Waals surface area (Å²) in [6.07, 6.45) is 21.4. The molecule has 0 bridgehead atoms. The second-order valence-electron chi connectivity index (χ2n) is 14.4. The molecule has 0 N–H and O–H groups in total. The standard InChI is InChI=1S/C48H62FNO3/c1-2-3-4-5-6-7-8-9-10-11-12-13-14-15-16-26-33-51-38-42(39-52-47-35-41(37-50)34-46(49)36-47)40-53-48(43-27-20-17-21-28-43,44-29-22-18-23-30-44)45-31-24-19-25-32-45/h17-25,27-32,34-36,42H,2-16,26,33,38-40H2,1H3. The molecule has 0 heterocycles. The zero-order chi connectivity index (χ0) is 37.2. The predicted molar refractivity (Wildman–Crippen MR) is 216 cm³/mol. The van der Waals surface area contributed by atoms with Gasteiger partial charge >= 0.3 is 0 Å². The minimum Gasteiger partial charge on any atom is -0.493 e. The first-order chi connectivity index (χ1) is 26.2. The number of unbranched alkanes of at least 4 members (excludes halogenated alkanes) is 15. The average molecular weight is 720 g/mol. The fourth-order valence-electron chi connectivity index (χ4n) is 7.08. The van der Waals surface area contributed by atoms with Crippen LogP contribution in [0.15, 0.2) is 109 Å². The fourth-order valence-corrected chi connectivity index (χ4v) is 7.08. The molecule has 4 aromatic carbocycles. The van der Waals surface area contributed by atoms with Crippen molar-refractivity contribution in [3.63, 3.8) is 0 Å². The van der Waals surface area contributed by atoms with E-state index in [4.69, 9.17) is 14.2 Å². The van der Waals surface area contributed by atoms with Crippen LogP contribution >= 0.6 is 0 Å². The predicted octanol–water partition coefficient (Wildman–Crippen LogP) is 13.0. The molecule has 0 amide bonds. The minimum atomic E-state index is -0.872. The number of ether oxygens (including phenoxy) is 3. The van der Waals surface area contributed by atoms with Gasteiger partial charge < -0.3 is 14.2 Å². The van der Waals surface area contributed by atoms with E-state index in [0.29, 0.717) is 25.6 Å². The molecule has 0 fully saturated rings. The van der Waals surface area contributed by atoms with E-state index in [2.05, 4.69) is 43.3 Å². The van der Waals surface area contributed by atoms with Crippen LogP contribution in [0, 0.1) is 23.1 Å². The third-order valence-electron chi connectivity index (χ3n) is 10.1. The van der Waals surface area contributed by atoms with Crippen LogP contribution in [-0.4, -0.2) is 26.4 Å². The van der Waals surface area contributed by atoms with Crippen molar-refractivity contribution in [2.75, 3.05) is 26.4 Å². The molecule has 0 radical (unpaired) electrons. The highest BCUT2D eigenvalue weighted by molar-refractivity contribution is 5.47. The normalized spacial score (nSPS) is 12.0. The molecular formula is C48H62FNO3. The summed E-state index contributed by atoms with van der Waals surface area (Å²) < 4.78 is 33.7. The third-order valence-corrected chi connectivity index (χ3v) is 10.1. The van der Waals surface area contributed by atoms with Crippen LogP contribution < -0.4 is 4.74 Å². The van der Waals surface area contributed by atoms with Gasteiger partial charge in [-0.3, -0.25) is 0 Å². The van der Waals surface area contributed by atoms with Crippen molar-refractivity contribution in [3.8, 4) is 11.8 Å². The van der Waals surface area contributed by atoms with Crippen molar-refractivity contribution in [3.05, 3.63) is 137 Å². The van der Waals surface area contributed by atoms with Gasteiger partial charge in [-0.15, -0.1) is 0 Å². The zero-order valence-corrected chi connectivity index (χ0v) is 32.2. The van der Waals surface area contributed by atoms with E-state index in [1.54, 1.807) is 6.07 Å². The van der Waals surface area contributed by atoms with Gasteiger partial charge in [0.05, 0.1) is 31.5 Å². The van der Waals surface area contributed by atoms with Gasteiger partial charge in [0.1, 0.15) is 17.2 Å². The molecule has 284 valence electrons. The van der Waals surface area contributed by atoms with Crippen molar-refractivity contribution >= 4 is 0 Å². The van der Waals surface area contributed by atoms with Gasteiger partial charge in [-0.2, -0.15) is 5.26 Å². The van der Waals surface area contributed by atoms with Gasteiger partial charge in [0.2, 0.25) is 0 Å². The minimum absolute atomic E-state index is 0.152. The molecule has 0 aliphatic heterocycles. The molecule has 5 heteroatoms. The Kier molecular flexibility index (Phi) is 19.8. The summed E-state index contributed by atoms with van der Waals surface area (Å²) in [6.45, 7) is 3.98. The van der Waals surface area contributed by atoms with Crippen molar-refractivity contribution in [1.82, 2.24) is 0 Å². The van der Waals surface area contributed by atoms with E-state index >= 15 is 0 Å². The first-order valence-corrected chi connectivity index (χ1v) is 20.4. The van der Waals surface area contributed by atoms with Crippen LogP contribution in [-0.2, 0) is 15.1 Å². The molecular weight excluding hydrogens is 658 g/mol. The lowest BCUT2D eigenvalue weighted by Gasteiger charge is -2.37. The topological polar surface area (TPSA) is 51.5 Å². The SMILES string of the molecule is CCCCCCCCCCCCCCCCCCOCC(COc1cc(F)cc(C#N)c1)COC(c1ccccc1)(c1ccccc1)c1ccccc1. The quantitative estimate of drug-likeness (QED) is 0.0433. The molecule has 0 aliphatic rings. The monoisotopic (exact) mass is 719 g/mol. The van der Waals surface area contributed by atoms with Gasteiger partial charge in [0.15, 0.2) is 0 Å². The first kappa shape index (κ1) is 41.8. The first-order valence-electron chi connectivity index (χ1n) is 20.4. The summed E-state index contributed by atoms with van der Waals surface area (Å²) in [7, 11) is 0. The lowest BCUT2D eigenvalue weighted by atomic mass is 9.80. The van der Waals surface area contributed by atoms with Gasteiger partial charge in [0, 0.05) is 18.6 Å². The van der Waals surface area contributed by atoms with Gasteiger partial charge in [0.25, 0.3) is 0 Å². The fraction of sp³-hybridized carbons (Fsp3) is 0.479. The summed E-state index contributed by atoms with van der Waals surface area (Å²) in [6, 6.07) is 37.0. The van der Waals surface area contributed by atoms with Crippen LogP contribution in [0.1, 0.15) is 132 Å². The van der Waals surface area contributed by atoms with Crippen LogP contribution in [0.4, 0.5) is 4.39 Å². The Morgan fingerprint density at radius 2 is 1.02 bits per heavy atom. The van der Waals surface area contributed by atoms with E-state index in [1.807, 2.05) is 60.7 Å². The smallest absolute Gasteiger partial charge is 0.143 e. The van der Waals surface area contributed by atoms with E-state index in [-0.39, 0.29) is 18.1 Å². The van der Waals surface area contributed by atoms with Gasteiger partial charge in [-0.25, -0.2) is 4.39 Å². The summed E-state index contributed by atoms with van der Waals surface area (Å²) in [5, 5.41) is 9.37. The Morgan fingerprint density at radius 1 is 0.566 bits per heavy atom. The number of hydrogen-bond acceptors (Lipinski definition) is 4. The highest BCUT2D eigenvalue weighted by Gasteiger charge is 2.38. The maximum Gasteiger partial charge on any atom is 0.143 e. The lowest BCUT2D eigenvalue weighted by Crippen LogP contribution is -2.36. The number of benzene rings is 4. The van der Waals surface area contributed by atoms with Crippen LogP contribution in [0.25, 0.3) is 0 Å². The molecule has 4 nitrogen and oxygen atoms in total. The van der Waals surface area contributed by atoms with Crippen LogP contribution in [0.2, 0.25) is 0 Å². The zero-order valence-electron chi connectivity index (χ0n) is 32.2. The number of nitriles is 1. The van der Waals surface area contributed by atoms with Crippen molar-refractivity contribution in [1.29, 1.82) is 5.26 Å². The van der Waals surface area contributed by atoms with Gasteiger partial charge in [-0.1, -0.05) is 194 Å². The Hall–Kier alpha value is -3.98. The maximum absolute atomic E-state index is 14.3. The van der Waals surface area contributed by atoms with E-state index in [0.717, 1.165) is 29.5 Å². The molecule has 53 heavy (non-hydrogen) atoms.